The SMILES string of the molecule is CC1(C)CC1n1c(CCC(=O)O)nc2ccccc2c1=O. The minimum Gasteiger partial charge on any atom is -0.481 e. The molecule has 0 aliphatic heterocycles. The molecule has 0 saturated heterocycles. The van der Waals surface area contributed by atoms with Crippen molar-refractivity contribution in [2.24, 2.45) is 5.41 Å². The van der Waals surface area contributed by atoms with Crippen LogP contribution in [0.2, 0.25) is 0 Å². The molecule has 1 aliphatic carbocycles. The molecule has 0 spiro atoms. The second-order valence-corrected chi connectivity index (χ2v) is 6.32. The van der Waals surface area contributed by atoms with Crippen LogP contribution >= 0.6 is 0 Å². The molecule has 5 nitrogen and oxygen atoms in total. The van der Waals surface area contributed by atoms with Crippen molar-refractivity contribution < 1.29 is 9.90 Å². The number of carbonyl (C=O) groups is 1. The lowest BCUT2D eigenvalue weighted by atomic mass is 10.1. The number of aromatic nitrogens is 2. The highest BCUT2D eigenvalue weighted by Crippen LogP contribution is 2.55. The maximum Gasteiger partial charge on any atom is 0.303 e. The molecule has 1 atom stereocenters. The lowest BCUT2D eigenvalue weighted by Gasteiger charge is -2.14. The maximum atomic E-state index is 12.7. The van der Waals surface area contributed by atoms with Gasteiger partial charge in [0.1, 0.15) is 5.82 Å². The van der Waals surface area contributed by atoms with Crippen molar-refractivity contribution in [1.29, 1.82) is 0 Å². The van der Waals surface area contributed by atoms with Crippen LogP contribution in [0, 0.1) is 5.41 Å². The van der Waals surface area contributed by atoms with Gasteiger partial charge in [-0.15, -0.1) is 0 Å². The van der Waals surface area contributed by atoms with Gasteiger partial charge >= 0.3 is 5.97 Å². The predicted molar refractivity (Wildman–Crippen MR) is 79.4 cm³/mol. The molecule has 1 saturated carbocycles. The third-order valence-corrected chi connectivity index (χ3v) is 4.22. The van der Waals surface area contributed by atoms with E-state index in [2.05, 4.69) is 18.8 Å². The van der Waals surface area contributed by atoms with Crippen LogP contribution in [-0.4, -0.2) is 20.6 Å². The smallest absolute Gasteiger partial charge is 0.303 e. The van der Waals surface area contributed by atoms with Crippen LogP contribution in [0.25, 0.3) is 10.9 Å². The molecule has 1 N–H and O–H groups in total. The van der Waals surface area contributed by atoms with Gasteiger partial charge in [-0.3, -0.25) is 14.2 Å². The lowest BCUT2D eigenvalue weighted by molar-refractivity contribution is -0.137. The fraction of sp³-hybridized carbons (Fsp3) is 0.438. The zero-order valence-corrected chi connectivity index (χ0v) is 12.2. The summed E-state index contributed by atoms with van der Waals surface area (Å²) in [7, 11) is 0. The Bertz CT molecular complexity index is 777. The van der Waals surface area contributed by atoms with Crippen LogP contribution in [-0.2, 0) is 11.2 Å². The number of carboxylic acids is 1. The molecule has 3 rings (SSSR count). The van der Waals surface area contributed by atoms with Crippen molar-refractivity contribution in [1.82, 2.24) is 9.55 Å². The van der Waals surface area contributed by atoms with E-state index in [4.69, 9.17) is 5.11 Å². The van der Waals surface area contributed by atoms with Gasteiger partial charge in [0, 0.05) is 12.5 Å². The molecule has 5 heteroatoms. The monoisotopic (exact) mass is 286 g/mol. The van der Waals surface area contributed by atoms with E-state index in [1.54, 1.807) is 16.7 Å². The molecule has 110 valence electrons. The Morgan fingerprint density at radius 2 is 2.10 bits per heavy atom. The highest BCUT2D eigenvalue weighted by Gasteiger charge is 2.48. The second-order valence-electron chi connectivity index (χ2n) is 6.32. The van der Waals surface area contributed by atoms with E-state index in [1.807, 2.05) is 12.1 Å². The summed E-state index contributed by atoms with van der Waals surface area (Å²) in [5, 5.41) is 9.49. The normalized spacial score (nSPS) is 19.6. The number of carboxylic acid groups (broad SMARTS) is 1. The van der Waals surface area contributed by atoms with Gasteiger partial charge in [-0.25, -0.2) is 4.98 Å². The van der Waals surface area contributed by atoms with Gasteiger partial charge in [-0.2, -0.15) is 0 Å². The van der Waals surface area contributed by atoms with Crippen molar-refractivity contribution in [3.63, 3.8) is 0 Å². The van der Waals surface area contributed by atoms with E-state index in [1.165, 1.54) is 0 Å². The molecule has 1 unspecified atom stereocenters. The summed E-state index contributed by atoms with van der Waals surface area (Å²) in [6, 6.07) is 7.35. The van der Waals surface area contributed by atoms with Crippen LogP contribution in [0.3, 0.4) is 0 Å². The van der Waals surface area contributed by atoms with E-state index in [0.717, 1.165) is 6.42 Å². The van der Waals surface area contributed by atoms with Gasteiger partial charge in [-0.05, 0) is 24.0 Å². The highest BCUT2D eigenvalue weighted by molar-refractivity contribution is 5.77. The van der Waals surface area contributed by atoms with Gasteiger partial charge in [0.05, 0.1) is 17.3 Å². The van der Waals surface area contributed by atoms with Crippen LogP contribution < -0.4 is 5.56 Å². The first kappa shape index (κ1) is 13.8. The van der Waals surface area contributed by atoms with E-state index in [9.17, 15) is 9.59 Å². The first-order valence-corrected chi connectivity index (χ1v) is 7.12. The number of fused-ring (bicyclic) bond motifs is 1. The van der Waals surface area contributed by atoms with E-state index in [0.29, 0.717) is 16.7 Å². The van der Waals surface area contributed by atoms with Crippen molar-refractivity contribution >= 4 is 16.9 Å². The minimum absolute atomic E-state index is 0.0159. The molecule has 1 aliphatic rings. The van der Waals surface area contributed by atoms with E-state index < -0.39 is 5.97 Å². The summed E-state index contributed by atoms with van der Waals surface area (Å²) >= 11 is 0. The summed E-state index contributed by atoms with van der Waals surface area (Å²) < 4.78 is 1.71. The van der Waals surface area contributed by atoms with Gasteiger partial charge in [0.25, 0.3) is 5.56 Å². The molecule has 0 amide bonds. The number of rotatable bonds is 4. The van der Waals surface area contributed by atoms with Gasteiger partial charge in [0.15, 0.2) is 0 Å². The first-order chi connectivity index (χ1) is 9.90. The molecular formula is C16H18N2O3. The number of aliphatic carboxylic acids is 1. The summed E-state index contributed by atoms with van der Waals surface area (Å²) in [5.41, 5.74) is 0.653. The number of para-hydroxylation sites is 1. The zero-order valence-electron chi connectivity index (χ0n) is 12.2. The molecule has 1 aromatic carbocycles. The molecule has 21 heavy (non-hydrogen) atoms. The van der Waals surface area contributed by atoms with Crippen molar-refractivity contribution in [2.45, 2.75) is 39.2 Å². The molecule has 1 fully saturated rings. The molecule has 0 radical (unpaired) electrons. The van der Waals surface area contributed by atoms with Crippen molar-refractivity contribution in [3.05, 3.63) is 40.4 Å². The third kappa shape index (κ3) is 2.44. The predicted octanol–water partition coefficient (Wildman–Crippen LogP) is 2.38. The molecule has 1 aromatic heterocycles. The fourth-order valence-corrected chi connectivity index (χ4v) is 2.79. The average Bonchev–Trinajstić information content (AvgIpc) is 3.05. The van der Waals surface area contributed by atoms with E-state index in [-0.39, 0.29) is 29.9 Å². The largest absolute Gasteiger partial charge is 0.481 e. The fourth-order valence-electron chi connectivity index (χ4n) is 2.79. The first-order valence-electron chi connectivity index (χ1n) is 7.12. The minimum atomic E-state index is -0.876. The van der Waals surface area contributed by atoms with Crippen LogP contribution in [0.4, 0.5) is 0 Å². The second kappa shape index (κ2) is 4.69. The molecule has 0 bridgehead atoms. The average molecular weight is 286 g/mol. The van der Waals surface area contributed by atoms with Crippen LogP contribution in [0.1, 0.15) is 38.6 Å². The molecular weight excluding hydrogens is 268 g/mol. The molecule has 2 aromatic rings. The standard InChI is InChI=1S/C16H18N2O3/c1-16(2)9-12(16)18-13(7-8-14(19)20)17-11-6-4-3-5-10(11)15(18)21/h3-6,12H,7-9H2,1-2H3,(H,19,20). The Labute approximate surface area is 122 Å². The van der Waals surface area contributed by atoms with Crippen molar-refractivity contribution in [3.8, 4) is 0 Å². The zero-order chi connectivity index (χ0) is 15.2. The van der Waals surface area contributed by atoms with Gasteiger partial charge < -0.3 is 5.11 Å². The highest BCUT2D eigenvalue weighted by atomic mass is 16.4. The molecule has 1 heterocycles. The van der Waals surface area contributed by atoms with Crippen LogP contribution in [0.15, 0.2) is 29.1 Å². The number of nitrogens with zero attached hydrogens (tertiary/aromatic N) is 2. The Hall–Kier alpha value is -2.17. The summed E-state index contributed by atoms with van der Waals surface area (Å²) in [5.74, 6) is -0.296. The number of hydrogen-bond acceptors (Lipinski definition) is 3. The van der Waals surface area contributed by atoms with Crippen molar-refractivity contribution in [2.75, 3.05) is 0 Å². The Morgan fingerprint density at radius 3 is 2.71 bits per heavy atom. The number of hydrogen-bond donors (Lipinski definition) is 1. The van der Waals surface area contributed by atoms with Crippen LogP contribution in [0.5, 0.6) is 0 Å². The summed E-state index contributed by atoms with van der Waals surface area (Å²) in [6.45, 7) is 4.22. The van der Waals surface area contributed by atoms with Gasteiger partial charge in [-0.1, -0.05) is 26.0 Å². The van der Waals surface area contributed by atoms with E-state index >= 15 is 0 Å². The Morgan fingerprint density at radius 1 is 1.43 bits per heavy atom. The quantitative estimate of drug-likeness (QED) is 0.936. The Kier molecular flexibility index (Phi) is 3.08. The Balaban J connectivity index is 2.16. The summed E-state index contributed by atoms with van der Waals surface area (Å²) in [4.78, 5) is 28.1. The summed E-state index contributed by atoms with van der Waals surface area (Å²) in [6.07, 6.45) is 1.19. The number of aryl methyl sites for hydroxylation is 1. The topological polar surface area (TPSA) is 72.2 Å². The lowest BCUT2D eigenvalue weighted by Crippen LogP contribution is -2.26. The maximum absolute atomic E-state index is 12.7. The third-order valence-electron chi connectivity index (χ3n) is 4.22. The van der Waals surface area contributed by atoms with Gasteiger partial charge in [0.2, 0.25) is 0 Å². The number of benzene rings is 1.